The monoisotopic (exact) mass is 367 g/mol. The number of aromatic nitrogens is 2. The number of ether oxygens (including phenoxy) is 1. The Balaban J connectivity index is 1.65. The fraction of sp³-hybridized carbons (Fsp3) is 0.133. The van der Waals surface area contributed by atoms with Crippen molar-refractivity contribution in [2.24, 2.45) is 0 Å². The standard InChI is InChI=1S/C15H11F2N3O2S2/c16-15(17)22-11-4-2-1-3-9(11)20-12(21)7-24-14-13-10(5-6-23-13)18-8-19-14/h1-6,8,15H,7H2,(H,20,21). The maximum absolute atomic E-state index is 12.4. The Hall–Kier alpha value is -2.26. The van der Waals surface area contributed by atoms with Crippen LogP contribution in [0.5, 0.6) is 5.75 Å². The van der Waals surface area contributed by atoms with E-state index < -0.39 is 6.61 Å². The molecule has 0 spiro atoms. The maximum atomic E-state index is 12.4. The van der Waals surface area contributed by atoms with Crippen LogP contribution in [0.4, 0.5) is 14.5 Å². The summed E-state index contributed by atoms with van der Waals surface area (Å²) in [5, 5.41) is 5.18. The van der Waals surface area contributed by atoms with Crippen LogP contribution in [0.15, 0.2) is 47.1 Å². The Morgan fingerprint density at radius 3 is 2.96 bits per heavy atom. The Bertz CT molecular complexity index is 857. The van der Waals surface area contributed by atoms with Gasteiger partial charge in [-0.2, -0.15) is 8.78 Å². The molecule has 0 aliphatic rings. The molecule has 9 heteroatoms. The number of para-hydroxylation sites is 2. The second-order valence-electron chi connectivity index (χ2n) is 4.53. The van der Waals surface area contributed by atoms with Crippen LogP contribution >= 0.6 is 23.1 Å². The lowest BCUT2D eigenvalue weighted by Crippen LogP contribution is -2.15. The van der Waals surface area contributed by atoms with Crippen LogP contribution < -0.4 is 10.1 Å². The van der Waals surface area contributed by atoms with Gasteiger partial charge in [-0.1, -0.05) is 23.9 Å². The van der Waals surface area contributed by atoms with Gasteiger partial charge >= 0.3 is 6.61 Å². The molecule has 0 fully saturated rings. The van der Waals surface area contributed by atoms with Gasteiger partial charge in [0.25, 0.3) is 0 Å². The number of rotatable bonds is 6. The molecule has 0 saturated heterocycles. The Morgan fingerprint density at radius 1 is 1.29 bits per heavy atom. The third-order valence-corrected chi connectivity index (χ3v) is 4.96. The summed E-state index contributed by atoms with van der Waals surface area (Å²) in [5.41, 5.74) is 1.03. The quantitative estimate of drug-likeness (QED) is 0.527. The van der Waals surface area contributed by atoms with Gasteiger partial charge in [0, 0.05) is 0 Å². The first-order valence-corrected chi connectivity index (χ1v) is 8.64. The number of carbonyl (C=O) groups is 1. The van der Waals surface area contributed by atoms with Crippen LogP contribution in [0.2, 0.25) is 0 Å². The molecule has 24 heavy (non-hydrogen) atoms. The average Bonchev–Trinajstić information content (AvgIpc) is 3.03. The second-order valence-corrected chi connectivity index (χ2v) is 6.41. The Morgan fingerprint density at radius 2 is 2.12 bits per heavy atom. The maximum Gasteiger partial charge on any atom is 0.387 e. The number of hydrogen-bond acceptors (Lipinski definition) is 6. The highest BCUT2D eigenvalue weighted by molar-refractivity contribution is 8.00. The van der Waals surface area contributed by atoms with Crippen molar-refractivity contribution in [2.45, 2.75) is 11.6 Å². The van der Waals surface area contributed by atoms with Crippen molar-refractivity contribution in [1.29, 1.82) is 0 Å². The third kappa shape index (κ3) is 3.98. The van der Waals surface area contributed by atoms with Crippen molar-refractivity contribution in [3.63, 3.8) is 0 Å². The number of thioether (sulfide) groups is 1. The summed E-state index contributed by atoms with van der Waals surface area (Å²) in [6.45, 7) is -2.95. The number of nitrogens with zero attached hydrogens (tertiary/aromatic N) is 2. The smallest absolute Gasteiger partial charge is 0.387 e. The largest absolute Gasteiger partial charge is 0.433 e. The van der Waals surface area contributed by atoms with Crippen LogP contribution in [0.3, 0.4) is 0 Å². The third-order valence-electron chi connectivity index (χ3n) is 2.93. The minimum absolute atomic E-state index is 0.0754. The minimum Gasteiger partial charge on any atom is -0.433 e. The summed E-state index contributed by atoms with van der Waals surface area (Å²) in [6.07, 6.45) is 1.45. The van der Waals surface area contributed by atoms with E-state index in [1.54, 1.807) is 12.1 Å². The van der Waals surface area contributed by atoms with Gasteiger partial charge in [0.2, 0.25) is 5.91 Å². The topological polar surface area (TPSA) is 64.1 Å². The molecule has 0 radical (unpaired) electrons. The number of carbonyl (C=O) groups excluding carboxylic acids is 1. The zero-order valence-electron chi connectivity index (χ0n) is 12.1. The van der Waals surface area contributed by atoms with Gasteiger partial charge in [-0.15, -0.1) is 11.3 Å². The predicted molar refractivity (Wildman–Crippen MR) is 89.8 cm³/mol. The van der Waals surface area contributed by atoms with E-state index in [9.17, 15) is 13.6 Å². The number of hydrogen-bond donors (Lipinski definition) is 1. The first-order chi connectivity index (χ1) is 11.6. The molecule has 0 aliphatic carbocycles. The van der Waals surface area contributed by atoms with E-state index in [1.165, 1.54) is 41.6 Å². The number of anilines is 1. The Kier molecular flexibility index (Phi) is 5.21. The van der Waals surface area contributed by atoms with E-state index in [1.807, 2.05) is 11.4 Å². The summed E-state index contributed by atoms with van der Waals surface area (Å²) in [4.78, 5) is 20.4. The highest BCUT2D eigenvalue weighted by Gasteiger charge is 2.13. The molecule has 5 nitrogen and oxygen atoms in total. The molecule has 124 valence electrons. The number of benzene rings is 1. The van der Waals surface area contributed by atoms with E-state index in [4.69, 9.17) is 0 Å². The number of nitrogens with one attached hydrogen (secondary N) is 1. The van der Waals surface area contributed by atoms with Crippen LogP contribution in [0, 0.1) is 0 Å². The summed E-state index contributed by atoms with van der Waals surface area (Å²) in [5.74, 6) is -0.324. The molecule has 3 rings (SSSR count). The van der Waals surface area contributed by atoms with Gasteiger partial charge in [-0.3, -0.25) is 4.79 Å². The molecule has 1 aromatic carbocycles. The van der Waals surface area contributed by atoms with Crippen molar-refractivity contribution in [3.05, 3.63) is 42.0 Å². The zero-order valence-corrected chi connectivity index (χ0v) is 13.7. The highest BCUT2D eigenvalue weighted by atomic mass is 32.2. The molecule has 2 aromatic heterocycles. The van der Waals surface area contributed by atoms with E-state index >= 15 is 0 Å². The first kappa shape index (κ1) is 16.6. The van der Waals surface area contributed by atoms with Crippen LogP contribution in [0.1, 0.15) is 0 Å². The average molecular weight is 367 g/mol. The number of halogens is 2. The number of alkyl halides is 2. The van der Waals surface area contributed by atoms with Crippen molar-refractivity contribution < 1.29 is 18.3 Å². The van der Waals surface area contributed by atoms with Crippen LogP contribution in [-0.4, -0.2) is 28.2 Å². The molecule has 0 bridgehead atoms. The van der Waals surface area contributed by atoms with Crippen molar-refractivity contribution in [3.8, 4) is 5.75 Å². The van der Waals surface area contributed by atoms with Gasteiger partial charge in [0.05, 0.1) is 21.7 Å². The SMILES string of the molecule is O=C(CSc1ncnc2ccsc12)Nc1ccccc1OC(F)F. The molecular weight excluding hydrogens is 356 g/mol. The lowest BCUT2D eigenvalue weighted by atomic mass is 10.3. The Labute approximate surface area is 144 Å². The van der Waals surface area contributed by atoms with E-state index in [0.29, 0.717) is 5.03 Å². The molecule has 1 amide bonds. The predicted octanol–water partition coefficient (Wildman–Crippen LogP) is 4.02. The van der Waals surface area contributed by atoms with Crippen LogP contribution in [-0.2, 0) is 4.79 Å². The molecule has 0 saturated carbocycles. The summed E-state index contributed by atoms with van der Waals surface area (Å²) in [7, 11) is 0. The second kappa shape index (κ2) is 7.54. The molecule has 3 aromatic rings. The molecule has 0 aliphatic heterocycles. The fourth-order valence-corrected chi connectivity index (χ4v) is 3.70. The van der Waals surface area contributed by atoms with E-state index in [2.05, 4.69) is 20.0 Å². The molecule has 2 heterocycles. The molecule has 0 unspecified atom stereocenters. The lowest BCUT2D eigenvalue weighted by molar-refractivity contribution is -0.113. The van der Waals surface area contributed by atoms with Gasteiger partial charge < -0.3 is 10.1 Å². The van der Waals surface area contributed by atoms with E-state index in [-0.39, 0.29) is 23.1 Å². The van der Waals surface area contributed by atoms with Gasteiger partial charge in [-0.05, 0) is 23.6 Å². The van der Waals surface area contributed by atoms with Crippen LogP contribution in [0.25, 0.3) is 10.2 Å². The molecule has 1 N–H and O–H groups in total. The summed E-state index contributed by atoms with van der Waals surface area (Å²) < 4.78 is 30.0. The van der Waals surface area contributed by atoms with Gasteiger partial charge in [0.1, 0.15) is 17.1 Å². The van der Waals surface area contributed by atoms with Crippen molar-refractivity contribution in [2.75, 3.05) is 11.1 Å². The zero-order chi connectivity index (χ0) is 16.9. The summed E-state index contributed by atoms with van der Waals surface area (Å²) >= 11 is 2.76. The minimum atomic E-state index is -2.95. The molecule has 0 atom stereocenters. The normalized spacial score (nSPS) is 11.0. The van der Waals surface area contributed by atoms with Crippen molar-refractivity contribution >= 4 is 44.9 Å². The molecular formula is C15H11F2N3O2S2. The van der Waals surface area contributed by atoms with Gasteiger partial charge in [0.15, 0.2) is 0 Å². The van der Waals surface area contributed by atoms with E-state index in [0.717, 1.165) is 10.2 Å². The fourth-order valence-electron chi connectivity index (χ4n) is 1.96. The first-order valence-electron chi connectivity index (χ1n) is 6.78. The number of amides is 1. The summed E-state index contributed by atoms with van der Waals surface area (Å²) in [6, 6.07) is 7.93. The van der Waals surface area contributed by atoms with Crippen molar-refractivity contribution in [1.82, 2.24) is 9.97 Å². The lowest BCUT2D eigenvalue weighted by Gasteiger charge is -2.11. The number of fused-ring (bicyclic) bond motifs is 1. The number of thiophene rings is 1. The van der Waals surface area contributed by atoms with Gasteiger partial charge in [-0.25, -0.2) is 9.97 Å². The highest BCUT2D eigenvalue weighted by Crippen LogP contribution is 2.29.